The van der Waals surface area contributed by atoms with Crippen molar-refractivity contribution >= 4 is 5.97 Å². The molecule has 0 bridgehead atoms. The summed E-state index contributed by atoms with van der Waals surface area (Å²) >= 11 is 0. The molecule has 1 aromatic heterocycles. The van der Waals surface area contributed by atoms with E-state index in [2.05, 4.69) is 4.98 Å². The van der Waals surface area contributed by atoms with Gasteiger partial charge in [0.05, 0.1) is 7.11 Å². The molecule has 2 rings (SSSR count). The second-order valence-corrected chi connectivity index (χ2v) is 4.04. The third-order valence-corrected chi connectivity index (χ3v) is 2.72. The summed E-state index contributed by atoms with van der Waals surface area (Å²) in [5.74, 6) is 0.300. The van der Waals surface area contributed by atoms with Crippen LogP contribution in [0, 0.1) is 0 Å². The Bertz CT molecular complexity index is 554. The Morgan fingerprint density at radius 3 is 2.74 bits per heavy atom. The molecular formula is C15H15NO3. The maximum absolute atomic E-state index is 11.9. The molecule has 0 radical (unpaired) electrons. The van der Waals surface area contributed by atoms with Crippen LogP contribution in [0.2, 0.25) is 0 Å². The van der Waals surface area contributed by atoms with Crippen molar-refractivity contribution in [2.24, 2.45) is 0 Å². The molecule has 1 aromatic carbocycles. The summed E-state index contributed by atoms with van der Waals surface area (Å²) in [6.45, 7) is 1.82. The van der Waals surface area contributed by atoms with E-state index in [-0.39, 0.29) is 6.10 Å². The van der Waals surface area contributed by atoms with Gasteiger partial charge >= 0.3 is 5.97 Å². The van der Waals surface area contributed by atoms with Gasteiger partial charge in [-0.05, 0) is 36.8 Å². The molecule has 2 aromatic rings. The lowest BCUT2D eigenvalue weighted by Gasteiger charge is -2.14. The molecule has 19 heavy (non-hydrogen) atoms. The molecule has 1 heterocycles. The van der Waals surface area contributed by atoms with Crippen molar-refractivity contribution in [3.8, 4) is 5.75 Å². The minimum atomic E-state index is -0.434. The number of carbonyl (C=O) groups is 1. The van der Waals surface area contributed by atoms with E-state index in [0.29, 0.717) is 5.69 Å². The average molecular weight is 257 g/mol. The number of benzene rings is 1. The molecule has 4 nitrogen and oxygen atoms in total. The lowest BCUT2D eigenvalue weighted by atomic mass is 10.1. The van der Waals surface area contributed by atoms with E-state index in [9.17, 15) is 4.79 Å². The normalized spacial score (nSPS) is 11.7. The van der Waals surface area contributed by atoms with Gasteiger partial charge in [-0.3, -0.25) is 0 Å². The fraction of sp³-hybridized carbons (Fsp3) is 0.200. The van der Waals surface area contributed by atoms with Crippen LogP contribution >= 0.6 is 0 Å². The van der Waals surface area contributed by atoms with E-state index < -0.39 is 5.97 Å². The Balaban J connectivity index is 2.08. The van der Waals surface area contributed by atoms with Gasteiger partial charge in [-0.1, -0.05) is 18.2 Å². The highest BCUT2D eigenvalue weighted by atomic mass is 16.5. The van der Waals surface area contributed by atoms with Crippen LogP contribution in [0.5, 0.6) is 5.75 Å². The Labute approximate surface area is 112 Å². The van der Waals surface area contributed by atoms with Crippen molar-refractivity contribution in [3.05, 3.63) is 59.9 Å². The van der Waals surface area contributed by atoms with Crippen LogP contribution < -0.4 is 4.74 Å². The minimum absolute atomic E-state index is 0.303. The van der Waals surface area contributed by atoms with E-state index in [1.54, 1.807) is 31.5 Å². The molecule has 1 unspecified atom stereocenters. The zero-order valence-electron chi connectivity index (χ0n) is 10.9. The first-order chi connectivity index (χ1) is 9.20. The maximum atomic E-state index is 11.9. The lowest BCUT2D eigenvalue weighted by Crippen LogP contribution is -2.10. The number of pyridine rings is 1. The Morgan fingerprint density at radius 1 is 1.21 bits per heavy atom. The van der Waals surface area contributed by atoms with E-state index in [1.807, 2.05) is 31.2 Å². The van der Waals surface area contributed by atoms with Crippen molar-refractivity contribution in [3.63, 3.8) is 0 Å². The second-order valence-electron chi connectivity index (χ2n) is 4.04. The number of hydrogen-bond acceptors (Lipinski definition) is 4. The van der Waals surface area contributed by atoms with Gasteiger partial charge in [0.15, 0.2) is 0 Å². The molecule has 4 heteroatoms. The highest BCUT2D eigenvalue weighted by Crippen LogP contribution is 2.22. The van der Waals surface area contributed by atoms with Crippen LogP contribution in [-0.2, 0) is 4.74 Å². The fourth-order valence-corrected chi connectivity index (χ4v) is 1.67. The summed E-state index contributed by atoms with van der Waals surface area (Å²) in [5.41, 5.74) is 1.18. The first-order valence-corrected chi connectivity index (χ1v) is 5.96. The number of rotatable bonds is 4. The van der Waals surface area contributed by atoms with Gasteiger partial charge in [0.25, 0.3) is 0 Å². The summed E-state index contributed by atoms with van der Waals surface area (Å²) in [6, 6.07) is 12.6. The Kier molecular flexibility index (Phi) is 4.13. The number of esters is 1. The standard InChI is InChI=1S/C15H15NO3/c1-11(12-6-5-7-13(10-12)18-2)19-15(17)14-8-3-4-9-16-14/h3-11H,1-2H3. The van der Waals surface area contributed by atoms with Crippen molar-refractivity contribution in [1.82, 2.24) is 4.98 Å². The molecule has 0 aliphatic rings. The average Bonchev–Trinajstić information content (AvgIpc) is 2.48. The fourth-order valence-electron chi connectivity index (χ4n) is 1.67. The molecule has 1 atom stereocenters. The molecule has 0 saturated heterocycles. The zero-order chi connectivity index (χ0) is 13.7. The Morgan fingerprint density at radius 2 is 2.05 bits per heavy atom. The third kappa shape index (κ3) is 3.31. The van der Waals surface area contributed by atoms with E-state index >= 15 is 0 Å². The Hall–Kier alpha value is -2.36. The second kappa shape index (κ2) is 6.00. The lowest BCUT2D eigenvalue weighted by molar-refractivity contribution is 0.0330. The zero-order valence-corrected chi connectivity index (χ0v) is 10.9. The SMILES string of the molecule is COc1cccc(C(C)OC(=O)c2ccccn2)c1. The number of aromatic nitrogens is 1. The van der Waals surface area contributed by atoms with Crippen LogP contribution in [0.25, 0.3) is 0 Å². The number of nitrogens with zero attached hydrogens (tertiary/aromatic N) is 1. The van der Waals surface area contributed by atoms with Gasteiger partial charge < -0.3 is 9.47 Å². The molecular weight excluding hydrogens is 242 g/mol. The molecule has 0 N–H and O–H groups in total. The molecule has 0 aliphatic carbocycles. The smallest absolute Gasteiger partial charge is 0.357 e. The predicted molar refractivity (Wildman–Crippen MR) is 71.1 cm³/mol. The van der Waals surface area contributed by atoms with E-state index in [4.69, 9.17) is 9.47 Å². The molecule has 0 saturated carbocycles. The number of ether oxygens (including phenoxy) is 2. The van der Waals surface area contributed by atoms with Crippen molar-refractivity contribution in [2.75, 3.05) is 7.11 Å². The topological polar surface area (TPSA) is 48.4 Å². The first kappa shape index (κ1) is 13.1. The quantitative estimate of drug-likeness (QED) is 0.790. The van der Waals surface area contributed by atoms with Gasteiger partial charge in [0.1, 0.15) is 17.5 Å². The third-order valence-electron chi connectivity index (χ3n) is 2.72. The first-order valence-electron chi connectivity index (χ1n) is 5.96. The van der Waals surface area contributed by atoms with Gasteiger partial charge in [-0.15, -0.1) is 0 Å². The molecule has 0 spiro atoms. The molecule has 98 valence electrons. The summed E-state index contributed by atoms with van der Waals surface area (Å²) in [5, 5.41) is 0. The van der Waals surface area contributed by atoms with Crippen LogP contribution in [0.15, 0.2) is 48.7 Å². The maximum Gasteiger partial charge on any atom is 0.357 e. The number of hydrogen-bond donors (Lipinski definition) is 0. The number of carbonyl (C=O) groups excluding carboxylic acids is 1. The molecule has 0 fully saturated rings. The van der Waals surface area contributed by atoms with Crippen LogP contribution in [0.3, 0.4) is 0 Å². The van der Waals surface area contributed by atoms with Crippen molar-refractivity contribution in [1.29, 1.82) is 0 Å². The van der Waals surface area contributed by atoms with Gasteiger partial charge in [-0.25, -0.2) is 9.78 Å². The van der Waals surface area contributed by atoms with Gasteiger partial charge in [0.2, 0.25) is 0 Å². The summed E-state index contributed by atoms with van der Waals surface area (Å²) in [6.07, 6.45) is 1.21. The van der Waals surface area contributed by atoms with Crippen molar-refractivity contribution in [2.45, 2.75) is 13.0 Å². The summed E-state index contributed by atoms with van der Waals surface area (Å²) < 4.78 is 10.5. The van der Waals surface area contributed by atoms with E-state index in [0.717, 1.165) is 11.3 Å². The molecule has 0 amide bonds. The van der Waals surface area contributed by atoms with E-state index in [1.165, 1.54) is 0 Å². The van der Waals surface area contributed by atoms with Crippen LogP contribution in [0.1, 0.15) is 29.1 Å². The van der Waals surface area contributed by atoms with Gasteiger partial charge in [-0.2, -0.15) is 0 Å². The van der Waals surface area contributed by atoms with Gasteiger partial charge in [0, 0.05) is 6.20 Å². The largest absolute Gasteiger partial charge is 0.497 e. The summed E-state index contributed by atoms with van der Waals surface area (Å²) in [4.78, 5) is 15.8. The highest BCUT2D eigenvalue weighted by molar-refractivity contribution is 5.87. The number of methoxy groups -OCH3 is 1. The minimum Gasteiger partial charge on any atom is -0.497 e. The van der Waals surface area contributed by atoms with Crippen LogP contribution in [0.4, 0.5) is 0 Å². The highest BCUT2D eigenvalue weighted by Gasteiger charge is 2.14. The predicted octanol–water partition coefficient (Wildman–Crippen LogP) is 3.01. The van der Waals surface area contributed by atoms with Crippen LogP contribution in [-0.4, -0.2) is 18.1 Å². The summed E-state index contributed by atoms with van der Waals surface area (Å²) in [7, 11) is 1.60. The molecule has 0 aliphatic heterocycles. The monoisotopic (exact) mass is 257 g/mol. The van der Waals surface area contributed by atoms with Crippen molar-refractivity contribution < 1.29 is 14.3 Å².